The van der Waals surface area contributed by atoms with Crippen molar-refractivity contribution in [3.05, 3.63) is 83.3 Å². The van der Waals surface area contributed by atoms with Crippen LogP contribution in [0.3, 0.4) is 0 Å². The van der Waals surface area contributed by atoms with Crippen LogP contribution in [-0.4, -0.2) is 15.9 Å². The van der Waals surface area contributed by atoms with Gasteiger partial charge in [0, 0.05) is 12.2 Å². The van der Waals surface area contributed by atoms with Gasteiger partial charge in [-0.05, 0) is 37.1 Å². The van der Waals surface area contributed by atoms with E-state index in [2.05, 4.69) is 20.6 Å². The molecule has 0 radical (unpaired) electrons. The van der Waals surface area contributed by atoms with Crippen LogP contribution in [0.25, 0.3) is 0 Å². The van der Waals surface area contributed by atoms with Gasteiger partial charge in [0.25, 0.3) is 5.91 Å². The quantitative estimate of drug-likeness (QED) is 0.746. The van der Waals surface area contributed by atoms with Crippen LogP contribution in [0.5, 0.6) is 0 Å². The molecular weight excluding hydrogens is 312 g/mol. The number of hydrogen-bond acceptors (Lipinski definition) is 4. The molecule has 0 fully saturated rings. The molecule has 1 amide bonds. The van der Waals surface area contributed by atoms with E-state index in [9.17, 15) is 4.79 Å². The third-order valence-electron chi connectivity index (χ3n) is 3.71. The average molecular weight is 332 g/mol. The Morgan fingerprint density at radius 1 is 0.960 bits per heavy atom. The normalized spacial score (nSPS) is 10.3. The molecule has 25 heavy (non-hydrogen) atoms. The molecule has 3 rings (SSSR count). The van der Waals surface area contributed by atoms with Gasteiger partial charge >= 0.3 is 0 Å². The van der Waals surface area contributed by atoms with E-state index in [0.29, 0.717) is 18.1 Å². The molecule has 5 heteroatoms. The molecule has 1 aromatic heterocycles. The van der Waals surface area contributed by atoms with E-state index in [4.69, 9.17) is 0 Å². The highest BCUT2D eigenvalue weighted by atomic mass is 16.1. The van der Waals surface area contributed by atoms with Gasteiger partial charge < -0.3 is 10.6 Å². The number of hydrogen-bond donors (Lipinski definition) is 2. The molecule has 0 unspecified atom stereocenters. The van der Waals surface area contributed by atoms with Gasteiger partial charge in [0.15, 0.2) is 0 Å². The number of anilines is 2. The van der Waals surface area contributed by atoms with Gasteiger partial charge in [-0.25, -0.2) is 9.97 Å². The highest BCUT2D eigenvalue weighted by Crippen LogP contribution is 2.15. The Bertz CT molecular complexity index is 875. The van der Waals surface area contributed by atoms with Gasteiger partial charge in [0.2, 0.25) is 0 Å². The molecule has 2 N–H and O–H groups in total. The summed E-state index contributed by atoms with van der Waals surface area (Å²) in [5, 5.41) is 6.03. The summed E-state index contributed by atoms with van der Waals surface area (Å²) in [5.41, 5.74) is 4.61. The van der Waals surface area contributed by atoms with Gasteiger partial charge in [-0.15, -0.1) is 0 Å². The van der Waals surface area contributed by atoms with Crippen molar-refractivity contribution in [1.29, 1.82) is 0 Å². The van der Waals surface area contributed by atoms with Gasteiger partial charge in [-0.2, -0.15) is 0 Å². The second-order valence-electron chi connectivity index (χ2n) is 5.95. The number of rotatable bonds is 5. The highest BCUT2D eigenvalue weighted by molar-refractivity contribution is 5.92. The lowest BCUT2D eigenvalue weighted by Gasteiger charge is -2.08. The maximum atomic E-state index is 12.2. The van der Waals surface area contributed by atoms with Crippen molar-refractivity contribution in [2.75, 3.05) is 5.32 Å². The molecule has 0 atom stereocenters. The molecule has 3 aromatic rings. The van der Waals surface area contributed by atoms with Crippen LogP contribution >= 0.6 is 0 Å². The molecule has 1 heterocycles. The van der Waals surface area contributed by atoms with E-state index in [0.717, 1.165) is 22.4 Å². The summed E-state index contributed by atoms with van der Waals surface area (Å²) in [6, 6.07) is 16.0. The Hall–Kier alpha value is -3.21. The van der Waals surface area contributed by atoms with E-state index in [1.807, 2.05) is 62.4 Å². The van der Waals surface area contributed by atoms with Gasteiger partial charge in [0.05, 0.1) is 12.4 Å². The minimum Gasteiger partial charge on any atom is -0.347 e. The number of amides is 1. The maximum absolute atomic E-state index is 12.2. The van der Waals surface area contributed by atoms with Crippen molar-refractivity contribution in [1.82, 2.24) is 15.3 Å². The Kier molecular flexibility index (Phi) is 5.04. The van der Waals surface area contributed by atoms with Crippen molar-refractivity contribution >= 4 is 17.4 Å². The molecule has 126 valence electrons. The van der Waals surface area contributed by atoms with Crippen LogP contribution in [0.4, 0.5) is 11.5 Å². The zero-order valence-corrected chi connectivity index (χ0v) is 14.3. The smallest absolute Gasteiger partial charge is 0.271 e. The van der Waals surface area contributed by atoms with Crippen LogP contribution in [0.1, 0.15) is 27.2 Å². The second kappa shape index (κ2) is 7.57. The van der Waals surface area contributed by atoms with Crippen molar-refractivity contribution in [2.45, 2.75) is 20.4 Å². The van der Waals surface area contributed by atoms with Crippen molar-refractivity contribution in [2.24, 2.45) is 0 Å². The Morgan fingerprint density at radius 2 is 1.72 bits per heavy atom. The molecule has 0 saturated heterocycles. The van der Waals surface area contributed by atoms with E-state index < -0.39 is 0 Å². The summed E-state index contributed by atoms with van der Waals surface area (Å²) in [6.45, 7) is 4.51. The fourth-order valence-corrected chi connectivity index (χ4v) is 2.48. The standard InChI is InChI=1S/C20H20N4O/c1-14-5-3-7-16(9-14)11-23-20(25)18-12-22-19(13-21-18)24-17-8-4-6-15(2)10-17/h3-10,12-13H,11H2,1-2H3,(H,22,24)(H,23,25). The first kappa shape index (κ1) is 16.6. The minimum atomic E-state index is -0.240. The number of carbonyl (C=O) groups excluding carboxylic acids is 1. The minimum absolute atomic E-state index is 0.240. The highest BCUT2D eigenvalue weighted by Gasteiger charge is 2.08. The van der Waals surface area contributed by atoms with Crippen molar-refractivity contribution in [3.63, 3.8) is 0 Å². The molecule has 5 nitrogen and oxygen atoms in total. The monoisotopic (exact) mass is 332 g/mol. The van der Waals surface area contributed by atoms with E-state index >= 15 is 0 Å². The number of aromatic nitrogens is 2. The van der Waals surface area contributed by atoms with Gasteiger partial charge in [-0.3, -0.25) is 4.79 Å². The van der Waals surface area contributed by atoms with E-state index in [1.54, 1.807) is 6.20 Å². The largest absolute Gasteiger partial charge is 0.347 e. The summed E-state index contributed by atoms with van der Waals surface area (Å²) in [4.78, 5) is 20.6. The Labute approximate surface area is 147 Å². The van der Waals surface area contributed by atoms with Crippen molar-refractivity contribution in [3.8, 4) is 0 Å². The number of carbonyl (C=O) groups is 1. The van der Waals surface area contributed by atoms with Crippen LogP contribution in [0.15, 0.2) is 60.9 Å². The number of nitrogens with one attached hydrogen (secondary N) is 2. The molecule has 0 aliphatic heterocycles. The lowest BCUT2D eigenvalue weighted by Crippen LogP contribution is -2.24. The number of benzene rings is 2. The van der Waals surface area contributed by atoms with Gasteiger partial charge in [0.1, 0.15) is 11.5 Å². The third-order valence-corrected chi connectivity index (χ3v) is 3.71. The zero-order valence-electron chi connectivity index (χ0n) is 14.3. The SMILES string of the molecule is Cc1cccc(CNC(=O)c2cnc(Nc3cccc(C)c3)cn2)c1. The summed E-state index contributed by atoms with van der Waals surface area (Å²) >= 11 is 0. The van der Waals surface area contributed by atoms with Crippen LogP contribution in [-0.2, 0) is 6.54 Å². The Balaban J connectivity index is 1.60. The van der Waals surface area contributed by atoms with Crippen molar-refractivity contribution < 1.29 is 4.79 Å². The second-order valence-corrected chi connectivity index (χ2v) is 5.95. The first-order valence-electron chi connectivity index (χ1n) is 8.09. The predicted octanol–water partition coefficient (Wildman–Crippen LogP) is 3.77. The lowest BCUT2D eigenvalue weighted by atomic mass is 10.1. The van der Waals surface area contributed by atoms with Crippen LogP contribution in [0.2, 0.25) is 0 Å². The fraction of sp³-hybridized carbons (Fsp3) is 0.150. The Morgan fingerprint density at radius 3 is 2.40 bits per heavy atom. The van der Waals surface area contributed by atoms with E-state index in [-0.39, 0.29) is 5.91 Å². The molecule has 0 aliphatic carbocycles. The molecular formula is C20H20N4O. The maximum Gasteiger partial charge on any atom is 0.271 e. The summed E-state index contributed by atoms with van der Waals surface area (Å²) in [5.74, 6) is 0.358. The fourth-order valence-electron chi connectivity index (χ4n) is 2.48. The number of aryl methyl sites for hydroxylation is 2. The lowest BCUT2D eigenvalue weighted by molar-refractivity contribution is 0.0945. The summed E-state index contributed by atoms with van der Waals surface area (Å²) in [7, 11) is 0. The number of nitrogens with zero attached hydrogens (tertiary/aromatic N) is 2. The molecule has 0 saturated carbocycles. The first-order chi connectivity index (χ1) is 12.1. The van der Waals surface area contributed by atoms with E-state index in [1.165, 1.54) is 6.20 Å². The van der Waals surface area contributed by atoms with Gasteiger partial charge in [-0.1, -0.05) is 42.0 Å². The topological polar surface area (TPSA) is 66.9 Å². The van der Waals surface area contributed by atoms with Crippen LogP contribution in [0, 0.1) is 13.8 Å². The summed E-state index contributed by atoms with van der Waals surface area (Å²) in [6.07, 6.45) is 3.04. The molecule has 0 spiro atoms. The predicted molar refractivity (Wildman–Crippen MR) is 98.8 cm³/mol. The zero-order chi connectivity index (χ0) is 17.6. The summed E-state index contributed by atoms with van der Waals surface area (Å²) < 4.78 is 0. The third kappa shape index (κ3) is 4.64. The average Bonchev–Trinajstić information content (AvgIpc) is 2.60. The molecule has 0 bridgehead atoms. The molecule has 0 aliphatic rings. The van der Waals surface area contributed by atoms with Crippen LogP contribution < -0.4 is 10.6 Å². The molecule has 2 aromatic carbocycles. The first-order valence-corrected chi connectivity index (χ1v) is 8.09.